The first kappa shape index (κ1) is 14.5. The summed E-state index contributed by atoms with van der Waals surface area (Å²) in [4.78, 5) is 40.4. The number of hydrogen-bond donors (Lipinski definition) is 3. The van der Waals surface area contributed by atoms with E-state index in [4.69, 9.17) is 9.84 Å². The van der Waals surface area contributed by atoms with Crippen LogP contribution >= 0.6 is 0 Å². The Hall–Kier alpha value is -1.93. The fraction of sp³-hybridized carbons (Fsp3) is 0.583. The lowest BCUT2D eigenvalue weighted by Gasteiger charge is -2.31. The lowest BCUT2D eigenvalue weighted by atomic mass is 10.1. The van der Waals surface area contributed by atoms with Crippen LogP contribution in [0.15, 0.2) is 15.7 Å². The molecular weight excluding hydrogens is 266 g/mol. The van der Waals surface area contributed by atoms with E-state index >= 15 is 0 Å². The van der Waals surface area contributed by atoms with E-state index in [0.717, 1.165) is 6.07 Å². The third kappa shape index (κ3) is 3.55. The van der Waals surface area contributed by atoms with Crippen molar-refractivity contribution in [2.75, 3.05) is 26.3 Å². The summed E-state index contributed by atoms with van der Waals surface area (Å²) in [6.45, 7) is 1.25. The first-order valence-corrected chi connectivity index (χ1v) is 6.45. The van der Waals surface area contributed by atoms with Gasteiger partial charge in [-0.15, -0.1) is 0 Å². The number of carbonyl (C=O) groups is 1. The van der Waals surface area contributed by atoms with Crippen LogP contribution in [0.1, 0.15) is 23.3 Å². The molecule has 0 atom stereocenters. The van der Waals surface area contributed by atoms with E-state index in [1.807, 2.05) is 4.98 Å². The van der Waals surface area contributed by atoms with E-state index in [-0.39, 0.29) is 24.3 Å². The van der Waals surface area contributed by atoms with E-state index in [1.54, 1.807) is 4.90 Å². The Labute approximate surface area is 114 Å². The van der Waals surface area contributed by atoms with Crippen LogP contribution in [0.25, 0.3) is 0 Å². The number of aliphatic hydroxyl groups excluding tert-OH is 1. The van der Waals surface area contributed by atoms with Crippen molar-refractivity contribution in [3.05, 3.63) is 32.6 Å². The molecule has 0 aromatic carbocycles. The number of nitrogens with zero attached hydrogens (tertiary/aromatic N) is 1. The number of aromatic nitrogens is 2. The number of aromatic amines is 2. The molecule has 0 saturated carbocycles. The molecular formula is C12H17N3O5. The fourth-order valence-corrected chi connectivity index (χ4v) is 2.20. The van der Waals surface area contributed by atoms with Crippen molar-refractivity contribution in [3.8, 4) is 0 Å². The molecule has 0 unspecified atom stereocenters. The van der Waals surface area contributed by atoms with Crippen LogP contribution in [0.2, 0.25) is 0 Å². The largest absolute Gasteiger partial charge is 0.394 e. The van der Waals surface area contributed by atoms with Crippen LogP contribution in [-0.2, 0) is 4.74 Å². The highest BCUT2D eigenvalue weighted by Gasteiger charge is 2.24. The van der Waals surface area contributed by atoms with Crippen molar-refractivity contribution in [1.82, 2.24) is 14.9 Å². The molecule has 8 heteroatoms. The van der Waals surface area contributed by atoms with E-state index < -0.39 is 11.2 Å². The van der Waals surface area contributed by atoms with Gasteiger partial charge in [-0.3, -0.25) is 14.6 Å². The molecule has 1 saturated heterocycles. The molecule has 1 aliphatic rings. The third-order valence-electron chi connectivity index (χ3n) is 3.16. The number of nitrogens with one attached hydrogen (secondary N) is 2. The average Bonchev–Trinajstić information content (AvgIpc) is 2.44. The minimum atomic E-state index is -0.693. The summed E-state index contributed by atoms with van der Waals surface area (Å²) in [6, 6.07) is 1.08. The molecule has 0 spiro atoms. The maximum Gasteiger partial charge on any atom is 0.326 e. The molecule has 1 aliphatic heterocycles. The zero-order chi connectivity index (χ0) is 14.5. The highest BCUT2D eigenvalue weighted by atomic mass is 16.5. The summed E-state index contributed by atoms with van der Waals surface area (Å²) in [6.07, 6.45) is 1.36. The zero-order valence-electron chi connectivity index (χ0n) is 10.9. The van der Waals surface area contributed by atoms with Crippen molar-refractivity contribution in [3.63, 3.8) is 0 Å². The van der Waals surface area contributed by atoms with Gasteiger partial charge in [-0.25, -0.2) is 4.79 Å². The predicted molar refractivity (Wildman–Crippen MR) is 69.6 cm³/mol. The van der Waals surface area contributed by atoms with Crippen molar-refractivity contribution < 1.29 is 14.6 Å². The van der Waals surface area contributed by atoms with Gasteiger partial charge in [0.15, 0.2) is 0 Å². The van der Waals surface area contributed by atoms with E-state index in [9.17, 15) is 14.4 Å². The van der Waals surface area contributed by atoms with Crippen molar-refractivity contribution in [1.29, 1.82) is 0 Å². The third-order valence-corrected chi connectivity index (χ3v) is 3.16. The summed E-state index contributed by atoms with van der Waals surface area (Å²) in [5.74, 6) is -0.367. The minimum absolute atomic E-state index is 0.00604. The molecule has 20 heavy (non-hydrogen) atoms. The number of likely N-dealkylation sites (tertiary alicyclic amines) is 1. The van der Waals surface area contributed by atoms with E-state index in [2.05, 4.69) is 4.98 Å². The Kier molecular flexibility index (Phi) is 4.70. The minimum Gasteiger partial charge on any atom is -0.394 e. The van der Waals surface area contributed by atoms with Gasteiger partial charge in [0.05, 0.1) is 19.3 Å². The number of amides is 1. The monoisotopic (exact) mass is 283 g/mol. The van der Waals surface area contributed by atoms with Crippen LogP contribution in [0.3, 0.4) is 0 Å². The summed E-state index contributed by atoms with van der Waals surface area (Å²) in [5.41, 5.74) is -1.30. The van der Waals surface area contributed by atoms with Gasteiger partial charge in [0.1, 0.15) is 5.69 Å². The van der Waals surface area contributed by atoms with Crippen LogP contribution in [0.4, 0.5) is 0 Å². The van der Waals surface area contributed by atoms with Crippen molar-refractivity contribution >= 4 is 5.91 Å². The summed E-state index contributed by atoms with van der Waals surface area (Å²) in [5, 5.41) is 8.68. The van der Waals surface area contributed by atoms with Crippen LogP contribution in [-0.4, -0.2) is 58.3 Å². The average molecular weight is 283 g/mol. The molecule has 1 amide bonds. The van der Waals surface area contributed by atoms with Gasteiger partial charge in [0.25, 0.3) is 11.5 Å². The van der Waals surface area contributed by atoms with Gasteiger partial charge in [-0.05, 0) is 12.8 Å². The van der Waals surface area contributed by atoms with E-state index in [0.29, 0.717) is 32.5 Å². The quantitative estimate of drug-likeness (QED) is 0.633. The van der Waals surface area contributed by atoms with Crippen LogP contribution in [0, 0.1) is 0 Å². The number of carbonyl (C=O) groups excluding carboxylic acids is 1. The van der Waals surface area contributed by atoms with Gasteiger partial charge in [-0.1, -0.05) is 0 Å². The molecule has 1 aromatic heterocycles. The number of ether oxygens (including phenoxy) is 1. The van der Waals surface area contributed by atoms with Crippen molar-refractivity contribution in [2.45, 2.75) is 18.9 Å². The second kappa shape index (κ2) is 6.49. The molecule has 1 fully saturated rings. The Morgan fingerprint density at radius 2 is 2.05 bits per heavy atom. The van der Waals surface area contributed by atoms with Gasteiger partial charge >= 0.3 is 5.69 Å². The second-order valence-electron chi connectivity index (χ2n) is 4.59. The number of hydrogen-bond acceptors (Lipinski definition) is 5. The normalized spacial score (nSPS) is 16.4. The molecule has 1 aromatic rings. The smallest absolute Gasteiger partial charge is 0.326 e. The maximum absolute atomic E-state index is 12.1. The molecule has 2 rings (SSSR count). The Morgan fingerprint density at radius 1 is 1.35 bits per heavy atom. The standard InChI is InChI=1S/C12H17N3O5/c16-5-6-20-8-1-3-15(4-2-8)11(18)9-7-10(17)14-12(19)13-9/h7-8,16H,1-6H2,(H2,13,14,17,19). The molecule has 0 bridgehead atoms. The topological polar surface area (TPSA) is 115 Å². The molecule has 2 heterocycles. The Bertz CT molecular complexity index is 543. The fourth-order valence-electron chi connectivity index (χ4n) is 2.20. The number of aliphatic hydroxyl groups is 1. The lowest BCUT2D eigenvalue weighted by molar-refractivity contribution is -0.00566. The van der Waals surface area contributed by atoms with Gasteiger partial charge < -0.3 is 19.7 Å². The maximum atomic E-state index is 12.1. The molecule has 8 nitrogen and oxygen atoms in total. The summed E-state index contributed by atoms with van der Waals surface area (Å²) < 4.78 is 5.40. The predicted octanol–water partition coefficient (Wildman–Crippen LogP) is -1.32. The van der Waals surface area contributed by atoms with Gasteiger partial charge in [0, 0.05) is 19.2 Å². The van der Waals surface area contributed by atoms with Crippen molar-refractivity contribution in [2.24, 2.45) is 0 Å². The second-order valence-corrected chi connectivity index (χ2v) is 4.59. The molecule has 0 aliphatic carbocycles. The Morgan fingerprint density at radius 3 is 2.65 bits per heavy atom. The number of rotatable bonds is 4. The first-order valence-electron chi connectivity index (χ1n) is 6.45. The summed E-state index contributed by atoms with van der Waals surface area (Å²) >= 11 is 0. The van der Waals surface area contributed by atoms with Gasteiger partial charge in [-0.2, -0.15) is 0 Å². The lowest BCUT2D eigenvalue weighted by Crippen LogP contribution is -2.42. The SMILES string of the molecule is O=C(c1cc(=O)[nH]c(=O)[nH]1)N1CCC(OCCO)CC1. The Balaban J connectivity index is 1.98. The molecule has 3 N–H and O–H groups in total. The van der Waals surface area contributed by atoms with Crippen LogP contribution in [0.5, 0.6) is 0 Å². The summed E-state index contributed by atoms with van der Waals surface area (Å²) in [7, 11) is 0. The molecule has 0 radical (unpaired) electrons. The van der Waals surface area contributed by atoms with Gasteiger partial charge in [0.2, 0.25) is 0 Å². The highest BCUT2D eigenvalue weighted by molar-refractivity contribution is 5.92. The molecule has 110 valence electrons. The number of H-pyrrole nitrogens is 2. The van der Waals surface area contributed by atoms with E-state index in [1.165, 1.54) is 0 Å². The highest BCUT2D eigenvalue weighted by Crippen LogP contribution is 2.15. The first-order chi connectivity index (χ1) is 9.60. The number of piperidine rings is 1. The zero-order valence-corrected chi connectivity index (χ0v) is 10.9. The van der Waals surface area contributed by atoms with Crippen LogP contribution < -0.4 is 11.2 Å².